The van der Waals surface area contributed by atoms with Crippen molar-refractivity contribution >= 4 is 12.2 Å². The highest BCUT2D eigenvalue weighted by molar-refractivity contribution is 5.91. The van der Waals surface area contributed by atoms with Crippen LogP contribution in [0.15, 0.2) is 29.3 Å². The number of hydrogen-bond donors (Lipinski definition) is 0. The number of carbonyl (C=O) groups is 1. The van der Waals surface area contributed by atoms with E-state index in [0.717, 1.165) is 0 Å². The third kappa shape index (κ3) is 1.78. The fourth-order valence-corrected chi connectivity index (χ4v) is 6.86. The predicted molar refractivity (Wildman–Crippen MR) is 96.8 cm³/mol. The topological polar surface area (TPSA) is 125 Å². The number of esters is 1. The molecule has 1 unspecified atom stereocenters. The molecule has 4 bridgehead atoms. The van der Waals surface area contributed by atoms with Crippen LogP contribution >= 0.6 is 0 Å². The van der Waals surface area contributed by atoms with E-state index in [-0.39, 0.29) is 40.1 Å². The maximum atomic E-state index is 13.4. The van der Waals surface area contributed by atoms with Gasteiger partial charge in [-0.2, -0.15) is 0 Å². The van der Waals surface area contributed by atoms with Crippen molar-refractivity contribution in [1.29, 1.82) is 0 Å². The summed E-state index contributed by atoms with van der Waals surface area (Å²) in [5.41, 5.74) is -3.08. The average Bonchev–Trinajstić information content (AvgIpc) is 3.43. The highest BCUT2D eigenvalue weighted by Gasteiger charge is 2.80. The lowest BCUT2D eigenvalue weighted by Gasteiger charge is -2.42. The first-order valence-corrected chi connectivity index (χ1v) is 9.76. The Bertz CT molecular complexity index is 868. The quantitative estimate of drug-likeness (QED) is 0.306. The molecule has 1 aliphatic heterocycles. The summed E-state index contributed by atoms with van der Waals surface area (Å²) in [5.74, 6) is -3.16. The van der Waals surface area contributed by atoms with Crippen LogP contribution in [0.2, 0.25) is 0 Å². The van der Waals surface area contributed by atoms with Crippen LogP contribution in [0.25, 0.3) is 0 Å². The molecule has 0 spiro atoms. The number of hydrogen-bond acceptors (Lipinski definition) is 7. The van der Waals surface area contributed by atoms with Crippen molar-refractivity contribution in [3.8, 4) is 0 Å². The van der Waals surface area contributed by atoms with Gasteiger partial charge in [0, 0.05) is 15.8 Å². The van der Waals surface area contributed by atoms with Gasteiger partial charge in [-0.1, -0.05) is 24.3 Å². The molecule has 0 radical (unpaired) electrons. The molecule has 148 valence electrons. The second kappa shape index (κ2) is 5.48. The number of nitrogens with zero attached hydrogens (tertiary/aromatic N) is 3. The van der Waals surface area contributed by atoms with Gasteiger partial charge in [0.15, 0.2) is 5.54 Å². The minimum Gasteiger partial charge on any atom is -0.464 e. The Hall–Kier alpha value is -2.58. The second-order valence-corrected chi connectivity index (χ2v) is 8.57. The number of carbonyl (C=O) groups excluding carboxylic acids is 1. The van der Waals surface area contributed by atoms with Crippen LogP contribution in [0.1, 0.15) is 19.8 Å². The van der Waals surface area contributed by atoms with Crippen molar-refractivity contribution in [3.05, 3.63) is 44.5 Å². The largest absolute Gasteiger partial charge is 0.464 e. The number of aliphatic imine (C=N–C) groups is 1. The van der Waals surface area contributed by atoms with E-state index < -0.39 is 34.9 Å². The van der Waals surface area contributed by atoms with Gasteiger partial charge in [-0.15, -0.1) is 0 Å². The Morgan fingerprint density at radius 3 is 2.54 bits per heavy atom. The van der Waals surface area contributed by atoms with Gasteiger partial charge in [-0.25, -0.2) is 4.79 Å². The SMILES string of the molecule is CCOC(=O)[C@@]1([C@H]2[C@H]([N+](=O)[O-])[C@@H]3C=C[C@H]2C3)N=C[C@]2([N+](=O)[O-])C1[C@H]1C=C[C@@H]2C1. The van der Waals surface area contributed by atoms with E-state index in [4.69, 9.17) is 4.74 Å². The number of fused-ring (bicyclic) bond motifs is 7. The normalized spacial score (nSPS) is 49.0. The second-order valence-electron chi connectivity index (χ2n) is 8.57. The molecule has 0 saturated heterocycles. The van der Waals surface area contributed by atoms with E-state index in [2.05, 4.69) is 4.99 Å². The summed E-state index contributed by atoms with van der Waals surface area (Å²) in [6, 6.07) is -0.984. The van der Waals surface area contributed by atoms with E-state index in [0.29, 0.717) is 12.8 Å². The molecule has 2 saturated carbocycles. The molecule has 0 aromatic carbocycles. The molecule has 1 heterocycles. The molecule has 4 aliphatic carbocycles. The maximum Gasteiger partial charge on any atom is 0.335 e. The molecule has 9 nitrogen and oxygen atoms in total. The molecule has 0 aromatic rings. The highest BCUT2D eigenvalue weighted by Crippen LogP contribution is 2.64. The van der Waals surface area contributed by atoms with Crippen molar-refractivity contribution in [2.45, 2.75) is 36.9 Å². The predicted octanol–water partition coefficient (Wildman–Crippen LogP) is 1.68. The zero-order chi connectivity index (χ0) is 19.8. The van der Waals surface area contributed by atoms with Crippen molar-refractivity contribution in [2.24, 2.45) is 40.5 Å². The van der Waals surface area contributed by atoms with Gasteiger partial charge in [-0.05, 0) is 31.6 Å². The molecular formula is C19H21N3O6. The van der Waals surface area contributed by atoms with Gasteiger partial charge in [0.25, 0.3) is 5.54 Å². The summed E-state index contributed by atoms with van der Waals surface area (Å²) in [6.07, 6.45) is 9.98. The van der Waals surface area contributed by atoms with Crippen LogP contribution in [0.3, 0.4) is 0 Å². The molecule has 0 N–H and O–H groups in total. The molecule has 2 fully saturated rings. The minimum atomic E-state index is -1.59. The monoisotopic (exact) mass is 387 g/mol. The lowest BCUT2D eigenvalue weighted by atomic mass is 9.61. The Morgan fingerprint density at radius 1 is 1.14 bits per heavy atom. The Morgan fingerprint density at radius 2 is 1.86 bits per heavy atom. The Kier molecular flexibility index (Phi) is 3.43. The van der Waals surface area contributed by atoms with Crippen molar-refractivity contribution in [1.82, 2.24) is 0 Å². The first-order valence-electron chi connectivity index (χ1n) is 9.76. The summed E-state index contributed by atoms with van der Waals surface area (Å²) < 4.78 is 5.37. The van der Waals surface area contributed by atoms with Crippen molar-refractivity contribution in [3.63, 3.8) is 0 Å². The first kappa shape index (κ1) is 17.5. The zero-order valence-electron chi connectivity index (χ0n) is 15.3. The standard InChI is InChI=1S/C19H21N3O6/c1-2-28-17(23)19(14-10-3-4-11(7-10)15(14)21(24)25)16-12-5-6-13(8-12)18(16,9-20-19)22(26)27/h3-6,9-16H,2,7-8H2,1H3/t10-,11+,12-,13+,14+,15+,16?,18+,19-/m0/s1. The number of nitro groups is 2. The first-order chi connectivity index (χ1) is 13.4. The van der Waals surface area contributed by atoms with Crippen LogP contribution in [-0.4, -0.2) is 45.8 Å². The zero-order valence-corrected chi connectivity index (χ0v) is 15.3. The van der Waals surface area contributed by atoms with Gasteiger partial charge in [0.05, 0.1) is 30.6 Å². The van der Waals surface area contributed by atoms with Crippen molar-refractivity contribution in [2.75, 3.05) is 6.61 Å². The van der Waals surface area contributed by atoms with Crippen LogP contribution in [-0.2, 0) is 9.53 Å². The van der Waals surface area contributed by atoms with Gasteiger partial charge >= 0.3 is 5.97 Å². The van der Waals surface area contributed by atoms with Crippen LogP contribution < -0.4 is 0 Å². The van der Waals surface area contributed by atoms with E-state index in [9.17, 15) is 25.0 Å². The fraction of sp³-hybridized carbons (Fsp3) is 0.684. The van der Waals surface area contributed by atoms with E-state index in [1.54, 1.807) is 6.92 Å². The molecule has 5 aliphatic rings. The minimum absolute atomic E-state index is 0.0952. The van der Waals surface area contributed by atoms with E-state index >= 15 is 0 Å². The smallest absolute Gasteiger partial charge is 0.335 e. The molecule has 28 heavy (non-hydrogen) atoms. The molecular weight excluding hydrogens is 366 g/mol. The maximum absolute atomic E-state index is 13.4. The number of allylic oxidation sites excluding steroid dienone is 2. The van der Waals surface area contributed by atoms with Crippen LogP contribution in [0.4, 0.5) is 0 Å². The summed E-state index contributed by atoms with van der Waals surface area (Å²) in [5, 5.41) is 24.2. The molecule has 9 heteroatoms. The van der Waals surface area contributed by atoms with E-state index in [1.807, 2.05) is 24.3 Å². The summed E-state index contributed by atoms with van der Waals surface area (Å²) >= 11 is 0. The molecule has 0 aromatic heterocycles. The lowest BCUT2D eigenvalue weighted by Crippen LogP contribution is -2.62. The van der Waals surface area contributed by atoms with Crippen LogP contribution in [0.5, 0.6) is 0 Å². The average molecular weight is 387 g/mol. The van der Waals surface area contributed by atoms with Gasteiger partial charge in [-0.3, -0.25) is 25.2 Å². The summed E-state index contributed by atoms with van der Waals surface area (Å²) in [7, 11) is 0. The molecule has 5 rings (SSSR count). The van der Waals surface area contributed by atoms with Crippen molar-refractivity contribution < 1.29 is 19.4 Å². The Labute approximate surface area is 160 Å². The van der Waals surface area contributed by atoms with E-state index in [1.165, 1.54) is 6.21 Å². The van der Waals surface area contributed by atoms with Gasteiger partial charge in [0.2, 0.25) is 6.04 Å². The number of ether oxygens (including phenoxy) is 1. The third-order valence-electron chi connectivity index (χ3n) is 7.68. The third-order valence-corrected chi connectivity index (χ3v) is 7.68. The fourth-order valence-electron chi connectivity index (χ4n) is 6.86. The number of rotatable bonds is 5. The highest BCUT2D eigenvalue weighted by atomic mass is 16.6. The van der Waals surface area contributed by atoms with Crippen LogP contribution in [0, 0.1) is 55.7 Å². The molecule has 9 atom stereocenters. The molecule has 0 amide bonds. The van der Waals surface area contributed by atoms with Gasteiger partial charge < -0.3 is 4.74 Å². The lowest BCUT2D eigenvalue weighted by molar-refractivity contribution is -0.562. The summed E-state index contributed by atoms with van der Waals surface area (Å²) in [6.45, 7) is 1.76. The summed E-state index contributed by atoms with van der Waals surface area (Å²) in [4.78, 5) is 41.4. The Balaban J connectivity index is 1.71. The van der Waals surface area contributed by atoms with Gasteiger partial charge in [0.1, 0.15) is 0 Å².